The second kappa shape index (κ2) is 20.5. The number of hydrogen-bond acceptors (Lipinski definition) is 11. The van der Waals surface area contributed by atoms with E-state index in [1.165, 1.54) is 13.8 Å². The standard InChI is InChI=1S/C43H53N3O9/c1-7-11-14-29(8-2)26-46-38-20-17-30(42(51)36(44-25-27(5)47)18-21-39(49)53-9-3)23-33(38)34-24-35(31-15-12-13-16-32(31)41(34)46)43(52)37(45-55-28(6)48)19-22-40(50)54-10-4/h12-13,15-17,20,23-24,28-29,48H,7-11,14,18-19,21-22,25-26H2,1-6H3/b44-36-,45-37+. The van der Waals surface area contributed by atoms with Gasteiger partial charge in [-0.1, -0.05) is 62.5 Å². The van der Waals surface area contributed by atoms with Gasteiger partial charge in [-0.3, -0.25) is 29.0 Å². The lowest BCUT2D eigenvalue weighted by atomic mass is 9.94. The Balaban J connectivity index is 1.98. The highest BCUT2D eigenvalue weighted by Gasteiger charge is 2.25. The zero-order valence-corrected chi connectivity index (χ0v) is 32.8. The van der Waals surface area contributed by atoms with E-state index in [9.17, 15) is 29.1 Å². The number of benzene rings is 3. The molecule has 0 aliphatic heterocycles. The maximum absolute atomic E-state index is 14.4. The minimum atomic E-state index is -1.29. The third-order valence-electron chi connectivity index (χ3n) is 9.43. The molecule has 4 aromatic rings. The van der Waals surface area contributed by atoms with Crippen LogP contribution < -0.4 is 0 Å². The maximum Gasteiger partial charge on any atom is 0.306 e. The number of carbonyl (C=O) groups is 5. The molecule has 0 bridgehead atoms. The number of aliphatic hydroxyl groups excluding tert-OH is 1. The molecule has 0 saturated heterocycles. The highest BCUT2D eigenvalue weighted by Crippen LogP contribution is 2.38. The predicted octanol–water partition coefficient (Wildman–Crippen LogP) is 7.96. The molecule has 2 unspecified atom stereocenters. The van der Waals surface area contributed by atoms with Crippen LogP contribution in [0.25, 0.3) is 32.6 Å². The molecular weight excluding hydrogens is 702 g/mol. The monoisotopic (exact) mass is 755 g/mol. The van der Waals surface area contributed by atoms with Crippen molar-refractivity contribution >= 4 is 73.3 Å². The van der Waals surface area contributed by atoms with E-state index in [1.54, 1.807) is 32.0 Å². The number of fused-ring (bicyclic) bond motifs is 5. The minimum Gasteiger partial charge on any atom is -0.466 e. The molecule has 12 heteroatoms. The molecule has 3 aromatic carbocycles. The molecule has 12 nitrogen and oxygen atoms in total. The summed E-state index contributed by atoms with van der Waals surface area (Å²) in [6.45, 7) is 11.4. The fourth-order valence-corrected chi connectivity index (χ4v) is 6.70. The Morgan fingerprint density at radius 2 is 1.44 bits per heavy atom. The Bertz CT molecular complexity index is 2090. The van der Waals surface area contributed by atoms with Crippen molar-refractivity contribution < 1.29 is 43.4 Å². The molecule has 0 amide bonds. The van der Waals surface area contributed by atoms with Crippen LogP contribution in [0.1, 0.15) is 114 Å². The number of aromatic nitrogens is 1. The summed E-state index contributed by atoms with van der Waals surface area (Å²) in [5.41, 5.74) is 2.44. The van der Waals surface area contributed by atoms with Crippen LogP contribution in [0, 0.1) is 5.92 Å². The summed E-state index contributed by atoms with van der Waals surface area (Å²) in [5, 5.41) is 16.8. The second-order valence-electron chi connectivity index (χ2n) is 13.6. The number of carbonyl (C=O) groups excluding carboxylic acids is 5. The lowest BCUT2D eigenvalue weighted by Crippen LogP contribution is -2.19. The van der Waals surface area contributed by atoms with Crippen molar-refractivity contribution in [3.63, 3.8) is 0 Å². The fraction of sp³-hybridized carbons (Fsp3) is 0.465. The van der Waals surface area contributed by atoms with E-state index < -0.39 is 29.8 Å². The van der Waals surface area contributed by atoms with E-state index in [4.69, 9.17) is 14.3 Å². The van der Waals surface area contributed by atoms with Gasteiger partial charge in [0.05, 0.1) is 43.8 Å². The molecule has 1 heterocycles. The summed E-state index contributed by atoms with van der Waals surface area (Å²) in [6, 6.07) is 14.8. The number of esters is 2. The number of unbranched alkanes of at least 4 members (excludes halogenated alkanes) is 1. The van der Waals surface area contributed by atoms with Gasteiger partial charge < -0.3 is 24.0 Å². The number of hydrogen-bond donors (Lipinski definition) is 1. The van der Waals surface area contributed by atoms with E-state index in [0.717, 1.165) is 52.9 Å². The van der Waals surface area contributed by atoms with Crippen molar-refractivity contribution in [1.29, 1.82) is 0 Å². The molecular formula is C43H53N3O9. The zero-order chi connectivity index (χ0) is 40.1. The summed E-state index contributed by atoms with van der Waals surface area (Å²) < 4.78 is 12.4. The average Bonchev–Trinajstić information content (AvgIpc) is 3.47. The third kappa shape index (κ3) is 10.9. The van der Waals surface area contributed by atoms with Crippen molar-refractivity contribution in [2.75, 3.05) is 19.8 Å². The van der Waals surface area contributed by atoms with E-state index in [-0.39, 0.29) is 62.6 Å². The topological polar surface area (TPSA) is 163 Å². The molecule has 0 spiro atoms. The van der Waals surface area contributed by atoms with E-state index in [1.807, 2.05) is 30.3 Å². The van der Waals surface area contributed by atoms with Crippen LogP contribution in [-0.2, 0) is 35.2 Å². The summed E-state index contributed by atoms with van der Waals surface area (Å²) >= 11 is 0. The molecule has 1 N–H and O–H groups in total. The number of rotatable bonds is 22. The predicted molar refractivity (Wildman–Crippen MR) is 214 cm³/mol. The highest BCUT2D eigenvalue weighted by molar-refractivity contribution is 6.49. The largest absolute Gasteiger partial charge is 0.466 e. The van der Waals surface area contributed by atoms with Crippen molar-refractivity contribution in [2.45, 2.75) is 106 Å². The Morgan fingerprint density at radius 1 is 0.782 bits per heavy atom. The number of Topliss-reactive ketones (excluding diaryl/α,β-unsaturated/α-hetero) is 3. The first-order valence-electron chi connectivity index (χ1n) is 19.3. The highest BCUT2D eigenvalue weighted by atomic mass is 16.7. The third-order valence-corrected chi connectivity index (χ3v) is 9.43. The van der Waals surface area contributed by atoms with Crippen molar-refractivity contribution in [3.8, 4) is 0 Å². The molecule has 55 heavy (non-hydrogen) atoms. The lowest BCUT2D eigenvalue weighted by Gasteiger charge is -2.18. The van der Waals surface area contributed by atoms with Crippen molar-refractivity contribution in [1.82, 2.24) is 4.57 Å². The Hall–Kier alpha value is -5.23. The van der Waals surface area contributed by atoms with Gasteiger partial charge in [0, 0.05) is 59.1 Å². The van der Waals surface area contributed by atoms with Crippen LogP contribution in [0.4, 0.5) is 0 Å². The van der Waals surface area contributed by atoms with Crippen LogP contribution in [0.3, 0.4) is 0 Å². The second-order valence-corrected chi connectivity index (χ2v) is 13.6. The Morgan fingerprint density at radius 3 is 2.04 bits per heavy atom. The van der Waals surface area contributed by atoms with Gasteiger partial charge in [0.25, 0.3) is 0 Å². The lowest BCUT2D eigenvalue weighted by molar-refractivity contribution is -0.143. The number of ketones is 3. The Kier molecular flexibility index (Phi) is 15.8. The minimum absolute atomic E-state index is 0.00603. The maximum atomic E-state index is 14.4. The quantitative estimate of drug-likeness (QED) is 0.0276. The molecule has 0 radical (unpaired) electrons. The number of ether oxygens (including phenoxy) is 2. The van der Waals surface area contributed by atoms with Gasteiger partial charge in [0.1, 0.15) is 5.71 Å². The Labute approximate surface area is 321 Å². The van der Waals surface area contributed by atoms with Gasteiger partial charge in [-0.15, -0.1) is 0 Å². The fourth-order valence-electron chi connectivity index (χ4n) is 6.70. The first-order chi connectivity index (χ1) is 26.4. The smallest absolute Gasteiger partial charge is 0.306 e. The van der Waals surface area contributed by atoms with Gasteiger partial charge in [0.15, 0.2) is 5.78 Å². The van der Waals surface area contributed by atoms with Crippen molar-refractivity contribution in [2.24, 2.45) is 16.1 Å². The van der Waals surface area contributed by atoms with Crippen LogP contribution in [-0.4, -0.2) is 76.4 Å². The van der Waals surface area contributed by atoms with Crippen molar-refractivity contribution in [3.05, 3.63) is 59.7 Å². The van der Waals surface area contributed by atoms with Crippen LogP contribution in [0.5, 0.6) is 0 Å². The molecule has 4 rings (SSSR count). The molecule has 0 aliphatic carbocycles. The number of aliphatic imine (C=N–C) groups is 1. The number of nitrogens with zero attached hydrogens (tertiary/aromatic N) is 3. The van der Waals surface area contributed by atoms with Gasteiger partial charge in [-0.25, -0.2) is 0 Å². The molecule has 2 atom stereocenters. The molecule has 294 valence electrons. The van der Waals surface area contributed by atoms with Crippen LogP contribution >= 0.6 is 0 Å². The molecule has 0 aliphatic rings. The summed E-state index contributed by atoms with van der Waals surface area (Å²) in [5.74, 6) is -1.71. The first kappa shape index (κ1) is 42.5. The van der Waals surface area contributed by atoms with E-state index >= 15 is 0 Å². The zero-order valence-electron chi connectivity index (χ0n) is 32.8. The van der Waals surface area contributed by atoms with Crippen LogP contribution in [0.15, 0.2) is 58.7 Å². The average molecular weight is 756 g/mol. The first-order valence-corrected chi connectivity index (χ1v) is 19.3. The van der Waals surface area contributed by atoms with Gasteiger partial charge in [-0.2, -0.15) is 0 Å². The molecule has 1 aromatic heterocycles. The summed E-state index contributed by atoms with van der Waals surface area (Å²) in [4.78, 5) is 74.4. The van der Waals surface area contributed by atoms with Gasteiger partial charge >= 0.3 is 11.9 Å². The summed E-state index contributed by atoms with van der Waals surface area (Å²) in [7, 11) is 0. The van der Waals surface area contributed by atoms with Crippen LogP contribution in [0.2, 0.25) is 0 Å². The molecule has 0 saturated carbocycles. The van der Waals surface area contributed by atoms with E-state index in [0.29, 0.717) is 29.0 Å². The van der Waals surface area contributed by atoms with Gasteiger partial charge in [-0.05, 0) is 62.8 Å². The number of oxime groups is 1. The van der Waals surface area contributed by atoms with E-state index in [2.05, 4.69) is 28.6 Å². The SMILES string of the molecule is CCCCC(CC)Cn1c2ccc(C(=O)/C(CCC(=O)OCC)=N\CC(C)=O)cc2c2cc(C(=O)/C(CCC(=O)OCC)=N/OC(C)O)c3ccccc3c21. The summed E-state index contributed by atoms with van der Waals surface area (Å²) in [6.07, 6.45) is 2.62. The van der Waals surface area contributed by atoms with Gasteiger partial charge in [0.2, 0.25) is 17.9 Å². The number of aliphatic hydroxyl groups is 1. The normalized spacial score (nSPS) is 13.2. The molecule has 0 fully saturated rings.